The average molecular weight is 490 g/mol. The third-order valence-electron chi connectivity index (χ3n) is 3.89. The summed E-state index contributed by atoms with van der Waals surface area (Å²) in [5.41, 5.74) is 1.98. The van der Waals surface area contributed by atoms with Crippen LogP contribution in [0.15, 0.2) is 62.1 Å². The van der Waals surface area contributed by atoms with Gasteiger partial charge in [0.1, 0.15) is 0 Å². The molecule has 0 aliphatic heterocycles. The minimum atomic E-state index is -0.138. The quantitative estimate of drug-likeness (QED) is 0.373. The molecule has 1 aromatic carbocycles. The number of anilines is 1. The maximum atomic E-state index is 12.3. The van der Waals surface area contributed by atoms with Gasteiger partial charge in [-0.1, -0.05) is 42.1 Å². The molecule has 0 atom stereocenters. The van der Waals surface area contributed by atoms with E-state index in [1.165, 1.54) is 23.1 Å². The SMILES string of the molecule is Cc1csc(NC(=O)CSc2nnc(-c3ccc(Br)o3)n2Cc2ccccc2)n1. The molecule has 0 saturated heterocycles. The van der Waals surface area contributed by atoms with E-state index in [-0.39, 0.29) is 11.7 Å². The van der Waals surface area contributed by atoms with E-state index < -0.39 is 0 Å². The van der Waals surface area contributed by atoms with Crippen LogP contribution in [0.1, 0.15) is 11.3 Å². The molecule has 0 spiro atoms. The lowest BCUT2D eigenvalue weighted by Crippen LogP contribution is -2.14. The number of rotatable bonds is 7. The van der Waals surface area contributed by atoms with Gasteiger partial charge in [-0.05, 0) is 40.5 Å². The molecule has 0 fully saturated rings. The molecule has 0 unspecified atom stereocenters. The number of nitrogens with one attached hydrogen (secondary N) is 1. The molecule has 3 aromatic heterocycles. The van der Waals surface area contributed by atoms with E-state index in [0.29, 0.717) is 33.1 Å². The molecular formula is C19H16BrN5O2S2. The summed E-state index contributed by atoms with van der Waals surface area (Å²) in [6, 6.07) is 13.7. The van der Waals surface area contributed by atoms with Gasteiger partial charge in [-0.25, -0.2) is 4.98 Å². The lowest BCUT2D eigenvalue weighted by Gasteiger charge is -2.09. The molecule has 29 heavy (non-hydrogen) atoms. The highest BCUT2D eigenvalue weighted by Crippen LogP contribution is 2.28. The Bertz CT molecular complexity index is 1120. The molecule has 0 saturated carbocycles. The van der Waals surface area contributed by atoms with Crippen molar-refractivity contribution in [3.05, 3.63) is 63.8 Å². The van der Waals surface area contributed by atoms with Crippen molar-refractivity contribution in [2.24, 2.45) is 0 Å². The number of hydrogen-bond donors (Lipinski definition) is 1. The van der Waals surface area contributed by atoms with Gasteiger partial charge in [0.15, 0.2) is 20.7 Å². The Hall–Kier alpha value is -2.43. The van der Waals surface area contributed by atoms with Crippen molar-refractivity contribution >= 4 is 50.1 Å². The van der Waals surface area contributed by atoms with Gasteiger partial charge in [0.05, 0.1) is 18.0 Å². The van der Waals surface area contributed by atoms with Crippen LogP contribution in [0, 0.1) is 6.92 Å². The van der Waals surface area contributed by atoms with Crippen LogP contribution in [0.2, 0.25) is 0 Å². The number of amides is 1. The van der Waals surface area contributed by atoms with Gasteiger partial charge in [0.25, 0.3) is 0 Å². The number of aryl methyl sites for hydroxylation is 1. The number of nitrogens with zero attached hydrogens (tertiary/aromatic N) is 4. The first-order valence-electron chi connectivity index (χ1n) is 8.66. The highest BCUT2D eigenvalue weighted by molar-refractivity contribution is 9.10. The number of carbonyl (C=O) groups is 1. The Morgan fingerprint density at radius 1 is 1.24 bits per heavy atom. The lowest BCUT2D eigenvalue weighted by molar-refractivity contribution is -0.113. The summed E-state index contributed by atoms with van der Waals surface area (Å²) in [5.74, 6) is 1.28. The molecule has 7 nitrogen and oxygen atoms in total. The summed E-state index contributed by atoms with van der Waals surface area (Å²) in [5, 5.41) is 14.5. The number of furan rings is 1. The predicted octanol–water partition coefficient (Wildman–Crippen LogP) is 4.84. The Balaban J connectivity index is 1.54. The monoisotopic (exact) mass is 489 g/mol. The number of aromatic nitrogens is 4. The molecule has 0 radical (unpaired) electrons. The first kappa shape index (κ1) is 19.9. The second-order valence-electron chi connectivity index (χ2n) is 6.11. The summed E-state index contributed by atoms with van der Waals surface area (Å²) >= 11 is 6.05. The summed E-state index contributed by atoms with van der Waals surface area (Å²) in [7, 11) is 0. The molecule has 0 aliphatic rings. The Kier molecular flexibility index (Phi) is 6.12. The van der Waals surface area contributed by atoms with Crippen molar-refractivity contribution in [3.63, 3.8) is 0 Å². The van der Waals surface area contributed by atoms with Crippen LogP contribution in [-0.4, -0.2) is 31.4 Å². The molecule has 148 valence electrons. The highest BCUT2D eigenvalue weighted by atomic mass is 79.9. The van der Waals surface area contributed by atoms with Crippen LogP contribution < -0.4 is 5.32 Å². The van der Waals surface area contributed by atoms with Crippen molar-refractivity contribution in [1.29, 1.82) is 0 Å². The summed E-state index contributed by atoms with van der Waals surface area (Å²) in [6.07, 6.45) is 0. The molecule has 0 aliphatic carbocycles. The van der Waals surface area contributed by atoms with Crippen molar-refractivity contribution < 1.29 is 9.21 Å². The zero-order valence-corrected chi connectivity index (χ0v) is 18.6. The van der Waals surface area contributed by atoms with Crippen LogP contribution in [-0.2, 0) is 11.3 Å². The van der Waals surface area contributed by atoms with Crippen LogP contribution in [0.25, 0.3) is 11.6 Å². The molecule has 3 heterocycles. The number of thioether (sulfide) groups is 1. The first-order valence-corrected chi connectivity index (χ1v) is 11.3. The van der Waals surface area contributed by atoms with Crippen LogP contribution in [0.3, 0.4) is 0 Å². The fraction of sp³-hybridized carbons (Fsp3) is 0.158. The molecule has 4 rings (SSSR count). The predicted molar refractivity (Wildman–Crippen MR) is 117 cm³/mol. The molecular weight excluding hydrogens is 474 g/mol. The van der Waals surface area contributed by atoms with E-state index >= 15 is 0 Å². The average Bonchev–Trinajstić information content (AvgIpc) is 3.42. The van der Waals surface area contributed by atoms with E-state index in [1.807, 2.05) is 59.3 Å². The van der Waals surface area contributed by atoms with Crippen molar-refractivity contribution in [1.82, 2.24) is 19.7 Å². The van der Waals surface area contributed by atoms with E-state index in [1.54, 1.807) is 0 Å². The number of hydrogen-bond acceptors (Lipinski definition) is 7. The fourth-order valence-electron chi connectivity index (χ4n) is 2.62. The standard InChI is InChI=1S/C19H16BrN5O2S2/c1-12-10-28-18(21-12)22-16(26)11-29-19-24-23-17(14-7-8-15(20)27-14)25(19)9-13-5-3-2-4-6-13/h2-8,10H,9,11H2,1H3,(H,21,22,26). The number of carbonyl (C=O) groups excluding carboxylic acids is 1. The third-order valence-corrected chi connectivity index (χ3v) is 6.16. The van der Waals surface area contributed by atoms with Gasteiger partial charge in [-0.15, -0.1) is 21.5 Å². The van der Waals surface area contributed by atoms with E-state index in [9.17, 15) is 4.79 Å². The Morgan fingerprint density at radius 2 is 2.07 bits per heavy atom. The second kappa shape index (κ2) is 8.93. The largest absolute Gasteiger partial charge is 0.446 e. The summed E-state index contributed by atoms with van der Waals surface area (Å²) in [4.78, 5) is 16.5. The lowest BCUT2D eigenvalue weighted by atomic mass is 10.2. The Labute approximate surface area is 183 Å². The second-order valence-corrected chi connectivity index (χ2v) is 8.69. The van der Waals surface area contributed by atoms with E-state index in [2.05, 4.69) is 36.4 Å². The molecule has 0 bridgehead atoms. The Morgan fingerprint density at radius 3 is 2.76 bits per heavy atom. The van der Waals surface area contributed by atoms with Crippen molar-refractivity contribution in [2.45, 2.75) is 18.6 Å². The first-order chi connectivity index (χ1) is 14.1. The van der Waals surface area contributed by atoms with Gasteiger partial charge < -0.3 is 9.73 Å². The maximum Gasteiger partial charge on any atom is 0.236 e. The molecule has 1 N–H and O–H groups in total. The molecule has 4 aromatic rings. The van der Waals surface area contributed by atoms with Crippen molar-refractivity contribution in [3.8, 4) is 11.6 Å². The van der Waals surface area contributed by atoms with E-state index in [0.717, 1.165) is 11.3 Å². The molecule has 10 heteroatoms. The van der Waals surface area contributed by atoms with Crippen LogP contribution in [0.4, 0.5) is 5.13 Å². The van der Waals surface area contributed by atoms with Crippen LogP contribution >= 0.6 is 39.0 Å². The smallest absolute Gasteiger partial charge is 0.236 e. The zero-order valence-electron chi connectivity index (χ0n) is 15.3. The number of thiazole rings is 1. The minimum Gasteiger partial charge on any atom is -0.446 e. The van der Waals surface area contributed by atoms with Gasteiger partial charge in [-0.3, -0.25) is 9.36 Å². The number of benzene rings is 1. The van der Waals surface area contributed by atoms with Gasteiger partial charge in [0.2, 0.25) is 11.7 Å². The van der Waals surface area contributed by atoms with E-state index in [4.69, 9.17) is 4.42 Å². The fourth-order valence-corrected chi connectivity index (χ4v) is 4.37. The maximum absolute atomic E-state index is 12.3. The summed E-state index contributed by atoms with van der Waals surface area (Å²) < 4.78 is 8.24. The normalized spacial score (nSPS) is 11.0. The zero-order chi connectivity index (χ0) is 20.2. The number of halogens is 1. The third kappa shape index (κ3) is 4.95. The minimum absolute atomic E-state index is 0.138. The van der Waals surface area contributed by atoms with Crippen LogP contribution in [0.5, 0.6) is 0 Å². The highest BCUT2D eigenvalue weighted by Gasteiger charge is 2.18. The van der Waals surface area contributed by atoms with Gasteiger partial charge in [0, 0.05) is 5.38 Å². The molecule has 1 amide bonds. The van der Waals surface area contributed by atoms with Gasteiger partial charge in [-0.2, -0.15) is 0 Å². The van der Waals surface area contributed by atoms with Crippen molar-refractivity contribution in [2.75, 3.05) is 11.1 Å². The van der Waals surface area contributed by atoms with Gasteiger partial charge >= 0.3 is 0 Å². The summed E-state index contributed by atoms with van der Waals surface area (Å²) in [6.45, 7) is 2.46. The topological polar surface area (TPSA) is 85.8 Å².